The molecule has 2 N–H and O–H groups in total. The lowest BCUT2D eigenvalue weighted by atomic mass is 9.82. The molecule has 3 nitrogen and oxygen atoms in total. The number of fused-ring (bicyclic) bond motifs is 1. The maximum absolute atomic E-state index is 6.01. The second-order valence-electron chi connectivity index (χ2n) is 6.38. The Morgan fingerprint density at radius 1 is 1.24 bits per heavy atom. The molecule has 1 atom stereocenters. The van der Waals surface area contributed by atoms with Gasteiger partial charge in [0.1, 0.15) is 11.6 Å². The topological polar surface area (TPSA) is 51.8 Å². The van der Waals surface area contributed by atoms with Crippen molar-refractivity contribution in [2.24, 2.45) is 5.92 Å². The summed E-state index contributed by atoms with van der Waals surface area (Å²) in [5, 5.41) is 0. The lowest BCUT2D eigenvalue weighted by Gasteiger charge is -2.24. The molecule has 21 heavy (non-hydrogen) atoms. The Morgan fingerprint density at radius 2 is 2.05 bits per heavy atom. The molecule has 110 valence electrons. The van der Waals surface area contributed by atoms with Gasteiger partial charge in [-0.25, -0.2) is 9.97 Å². The van der Waals surface area contributed by atoms with Crippen molar-refractivity contribution in [1.29, 1.82) is 0 Å². The highest BCUT2D eigenvalue weighted by Gasteiger charge is 2.24. The van der Waals surface area contributed by atoms with Gasteiger partial charge in [0.15, 0.2) is 0 Å². The summed E-state index contributed by atoms with van der Waals surface area (Å²) in [6.07, 6.45) is 4.42. The van der Waals surface area contributed by atoms with Crippen molar-refractivity contribution in [2.75, 3.05) is 5.73 Å². The normalized spacial score (nSPS) is 17.8. The van der Waals surface area contributed by atoms with Crippen LogP contribution in [0.1, 0.15) is 55.3 Å². The predicted octanol–water partition coefficient (Wildman–Crippen LogP) is 3.73. The van der Waals surface area contributed by atoms with Crippen molar-refractivity contribution in [3.8, 4) is 0 Å². The van der Waals surface area contributed by atoms with Crippen molar-refractivity contribution in [3.05, 3.63) is 53.0 Å². The first-order valence-corrected chi connectivity index (χ1v) is 7.84. The van der Waals surface area contributed by atoms with Gasteiger partial charge >= 0.3 is 0 Å². The summed E-state index contributed by atoms with van der Waals surface area (Å²) in [5.41, 5.74) is 9.89. The third-order valence-electron chi connectivity index (χ3n) is 4.11. The highest BCUT2D eigenvalue weighted by atomic mass is 15.0. The largest absolute Gasteiger partial charge is 0.384 e. The Labute approximate surface area is 126 Å². The molecule has 1 aromatic heterocycles. The van der Waals surface area contributed by atoms with Crippen LogP contribution in [0.2, 0.25) is 0 Å². The van der Waals surface area contributed by atoms with Crippen molar-refractivity contribution in [1.82, 2.24) is 9.97 Å². The molecule has 3 rings (SSSR count). The monoisotopic (exact) mass is 281 g/mol. The van der Waals surface area contributed by atoms with Gasteiger partial charge in [-0.1, -0.05) is 38.1 Å². The Hall–Kier alpha value is -1.90. The van der Waals surface area contributed by atoms with Crippen LogP contribution in [-0.2, 0) is 12.8 Å². The number of aromatic nitrogens is 2. The predicted molar refractivity (Wildman–Crippen MR) is 86.2 cm³/mol. The number of hydrogen-bond acceptors (Lipinski definition) is 3. The zero-order valence-electron chi connectivity index (χ0n) is 12.8. The van der Waals surface area contributed by atoms with Gasteiger partial charge in [-0.05, 0) is 42.7 Å². The number of nitrogen functional groups attached to an aromatic ring is 1. The minimum Gasteiger partial charge on any atom is -0.384 e. The zero-order chi connectivity index (χ0) is 14.8. The average molecular weight is 281 g/mol. The first-order chi connectivity index (χ1) is 10.1. The molecule has 1 unspecified atom stereocenters. The van der Waals surface area contributed by atoms with E-state index >= 15 is 0 Å². The van der Waals surface area contributed by atoms with Crippen LogP contribution < -0.4 is 5.73 Å². The number of nitrogens with zero attached hydrogens (tertiary/aromatic N) is 2. The molecule has 0 spiro atoms. The fourth-order valence-corrected chi connectivity index (χ4v) is 3.24. The van der Waals surface area contributed by atoms with Gasteiger partial charge in [0.2, 0.25) is 0 Å². The second kappa shape index (κ2) is 5.84. The summed E-state index contributed by atoms with van der Waals surface area (Å²) < 4.78 is 0. The first-order valence-electron chi connectivity index (χ1n) is 7.84. The van der Waals surface area contributed by atoms with Crippen molar-refractivity contribution in [2.45, 2.75) is 45.4 Å². The molecule has 0 amide bonds. The van der Waals surface area contributed by atoms with Crippen LogP contribution in [0.25, 0.3) is 0 Å². The lowest BCUT2D eigenvalue weighted by molar-refractivity contribution is 0.579. The lowest BCUT2D eigenvalue weighted by Crippen LogP contribution is -2.15. The van der Waals surface area contributed by atoms with E-state index < -0.39 is 0 Å². The Morgan fingerprint density at radius 3 is 2.86 bits per heavy atom. The van der Waals surface area contributed by atoms with Crippen molar-refractivity contribution in [3.63, 3.8) is 0 Å². The number of aryl methyl sites for hydroxylation is 1. The van der Waals surface area contributed by atoms with Crippen LogP contribution >= 0.6 is 0 Å². The number of anilines is 1. The van der Waals surface area contributed by atoms with E-state index in [1.54, 1.807) is 0 Å². The summed E-state index contributed by atoms with van der Waals surface area (Å²) in [5.74, 6) is 2.37. The van der Waals surface area contributed by atoms with Crippen LogP contribution in [-0.4, -0.2) is 9.97 Å². The SMILES string of the molecule is CC(C)Cc1cc(N)nc(C2CCCc3ccccc32)n1. The summed E-state index contributed by atoms with van der Waals surface area (Å²) in [6.45, 7) is 4.40. The molecule has 0 aliphatic heterocycles. The van der Waals surface area contributed by atoms with Gasteiger partial charge < -0.3 is 5.73 Å². The minimum absolute atomic E-state index is 0.296. The average Bonchev–Trinajstić information content (AvgIpc) is 2.45. The van der Waals surface area contributed by atoms with E-state index in [0.717, 1.165) is 30.8 Å². The molecular weight excluding hydrogens is 258 g/mol. The Balaban J connectivity index is 1.99. The van der Waals surface area contributed by atoms with Gasteiger partial charge in [0, 0.05) is 17.7 Å². The number of benzene rings is 1. The fourth-order valence-electron chi connectivity index (χ4n) is 3.24. The van der Waals surface area contributed by atoms with E-state index in [0.29, 0.717) is 17.7 Å². The molecule has 0 radical (unpaired) electrons. The van der Waals surface area contributed by atoms with Gasteiger partial charge in [0.25, 0.3) is 0 Å². The highest BCUT2D eigenvalue weighted by molar-refractivity contribution is 5.39. The molecule has 1 aromatic carbocycles. The third kappa shape index (κ3) is 3.07. The molecule has 3 heteroatoms. The third-order valence-corrected chi connectivity index (χ3v) is 4.11. The van der Waals surface area contributed by atoms with E-state index in [4.69, 9.17) is 10.7 Å². The van der Waals surface area contributed by atoms with Crippen molar-refractivity contribution >= 4 is 5.82 Å². The summed E-state index contributed by atoms with van der Waals surface area (Å²) in [7, 11) is 0. The Kier molecular flexibility index (Phi) is 3.91. The smallest absolute Gasteiger partial charge is 0.138 e. The molecule has 1 aliphatic rings. The summed E-state index contributed by atoms with van der Waals surface area (Å²) in [4.78, 5) is 9.34. The van der Waals surface area contributed by atoms with Crippen LogP contribution in [0.4, 0.5) is 5.82 Å². The number of rotatable bonds is 3. The van der Waals surface area contributed by atoms with Gasteiger partial charge in [-0.2, -0.15) is 0 Å². The standard InChI is InChI=1S/C18H23N3/c1-12(2)10-14-11-17(19)21-18(20-14)16-9-5-7-13-6-3-4-8-15(13)16/h3-4,6,8,11-12,16H,5,7,9-10H2,1-2H3,(H2,19,20,21). The van der Waals surface area contributed by atoms with Gasteiger partial charge in [-0.3, -0.25) is 0 Å². The number of hydrogen-bond donors (Lipinski definition) is 1. The maximum atomic E-state index is 6.01. The van der Waals surface area contributed by atoms with Crippen LogP contribution in [0.3, 0.4) is 0 Å². The van der Waals surface area contributed by atoms with E-state index in [9.17, 15) is 0 Å². The maximum Gasteiger partial charge on any atom is 0.138 e. The fraction of sp³-hybridized carbons (Fsp3) is 0.444. The van der Waals surface area contributed by atoms with Crippen molar-refractivity contribution < 1.29 is 0 Å². The molecular formula is C18H23N3. The van der Waals surface area contributed by atoms with Crippen LogP contribution in [0.15, 0.2) is 30.3 Å². The van der Waals surface area contributed by atoms with E-state index in [1.165, 1.54) is 17.5 Å². The molecule has 0 bridgehead atoms. The van der Waals surface area contributed by atoms with Gasteiger partial charge in [0.05, 0.1) is 0 Å². The van der Waals surface area contributed by atoms with Crippen LogP contribution in [0, 0.1) is 5.92 Å². The Bertz CT molecular complexity index is 634. The summed E-state index contributed by atoms with van der Waals surface area (Å²) >= 11 is 0. The second-order valence-corrected chi connectivity index (χ2v) is 6.38. The van der Waals surface area contributed by atoms with Gasteiger partial charge in [-0.15, -0.1) is 0 Å². The highest BCUT2D eigenvalue weighted by Crippen LogP contribution is 2.35. The first kappa shape index (κ1) is 14.1. The van der Waals surface area contributed by atoms with E-state index in [1.807, 2.05) is 6.07 Å². The van der Waals surface area contributed by atoms with E-state index in [-0.39, 0.29) is 0 Å². The minimum atomic E-state index is 0.296. The van der Waals surface area contributed by atoms with Crippen LogP contribution in [0.5, 0.6) is 0 Å². The number of nitrogens with two attached hydrogens (primary N) is 1. The molecule has 2 aromatic rings. The molecule has 0 saturated carbocycles. The zero-order valence-corrected chi connectivity index (χ0v) is 12.8. The molecule has 1 aliphatic carbocycles. The van der Waals surface area contributed by atoms with E-state index in [2.05, 4.69) is 43.1 Å². The molecule has 1 heterocycles. The quantitative estimate of drug-likeness (QED) is 0.932. The molecule has 0 fully saturated rings. The molecule has 0 saturated heterocycles. The summed E-state index contributed by atoms with van der Waals surface area (Å²) in [6, 6.07) is 10.6.